The van der Waals surface area contributed by atoms with E-state index in [0.29, 0.717) is 0 Å². The van der Waals surface area contributed by atoms with E-state index in [9.17, 15) is 14.4 Å². The smallest absolute Gasteiger partial charge is 0.330 e. The maximum absolute atomic E-state index is 11.0. The number of carbonyl (C=O) groups is 1. The summed E-state index contributed by atoms with van der Waals surface area (Å²) in [7, 11) is 0. The molecule has 0 fully saturated rings. The molecule has 0 aliphatic carbocycles. The van der Waals surface area contributed by atoms with E-state index >= 15 is 0 Å². The van der Waals surface area contributed by atoms with Crippen LogP contribution in [-0.2, 0) is 16.1 Å². The summed E-state index contributed by atoms with van der Waals surface area (Å²) in [5.41, 5.74) is -1.52. The first-order valence-corrected chi connectivity index (χ1v) is 3.45. The number of hydrogen-bond donors (Lipinski definition) is 1. The maximum Gasteiger partial charge on any atom is 0.330 e. The number of H-pyrrole nitrogens is 1. The van der Waals surface area contributed by atoms with E-state index in [4.69, 9.17) is 0 Å². The van der Waals surface area contributed by atoms with Crippen LogP contribution >= 0.6 is 0 Å². The zero-order chi connectivity index (χ0) is 9.68. The second-order valence-electron chi connectivity index (χ2n) is 2.15. The molecule has 0 atom stereocenters. The van der Waals surface area contributed by atoms with Gasteiger partial charge in [-0.25, -0.2) is 5.10 Å². The second kappa shape index (κ2) is 4.19. The highest BCUT2D eigenvalue weighted by Crippen LogP contribution is 1.74. The Balaban J connectivity index is 2.78. The van der Waals surface area contributed by atoms with Gasteiger partial charge in [0.15, 0.2) is 0 Å². The quantitative estimate of drug-likeness (QED) is 0.336. The highest BCUT2D eigenvalue weighted by Gasteiger charge is 1.98. The molecule has 0 unspecified atom stereocenters. The lowest BCUT2D eigenvalue weighted by Crippen LogP contribution is -2.37. The van der Waals surface area contributed by atoms with E-state index in [0.717, 1.165) is 10.9 Å². The van der Waals surface area contributed by atoms with Crippen LogP contribution in [0.1, 0.15) is 0 Å². The number of nitrogens with one attached hydrogen (secondary N) is 1. The molecule has 70 valence electrons. The van der Waals surface area contributed by atoms with Gasteiger partial charge in [0.1, 0.15) is 12.9 Å². The molecule has 0 spiro atoms. The summed E-state index contributed by atoms with van der Waals surface area (Å²) in [4.78, 5) is 31.5. The first-order chi connectivity index (χ1) is 6.25. The molecular weight excluding hydrogens is 178 g/mol. The maximum atomic E-state index is 11.0. The highest BCUT2D eigenvalue weighted by atomic mass is 16.5. The molecule has 13 heavy (non-hydrogen) atoms. The first-order valence-electron chi connectivity index (χ1n) is 3.45. The molecule has 0 saturated carbocycles. The number of carbonyl (C=O) groups excluding carboxylic acids is 1. The predicted molar refractivity (Wildman–Crippen MR) is 41.1 cm³/mol. The summed E-state index contributed by atoms with van der Waals surface area (Å²) in [6, 6.07) is 0. The van der Waals surface area contributed by atoms with Crippen molar-refractivity contribution in [2.75, 3.05) is 6.61 Å². The van der Waals surface area contributed by atoms with Crippen molar-refractivity contribution in [3.8, 4) is 0 Å². The fourth-order valence-corrected chi connectivity index (χ4v) is 0.746. The third-order valence-electron chi connectivity index (χ3n) is 1.34. The van der Waals surface area contributed by atoms with Crippen molar-refractivity contribution in [1.29, 1.82) is 0 Å². The number of ether oxygens (including phenoxy) is 1. The third-order valence-corrected chi connectivity index (χ3v) is 1.34. The lowest BCUT2D eigenvalue weighted by atomic mass is 10.6. The number of aromatic amines is 1. The normalized spacial score (nSPS) is 9.54. The van der Waals surface area contributed by atoms with Gasteiger partial charge in [0.05, 0.1) is 6.54 Å². The van der Waals surface area contributed by atoms with Crippen LogP contribution in [0.4, 0.5) is 0 Å². The summed E-state index contributed by atoms with van der Waals surface area (Å²) >= 11 is 0. The van der Waals surface area contributed by atoms with Crippen LogP contribution < -0.4 is 11.1 Å². The SMILES string of the molecule is O=COCCn1cn[nH]c(=O)c1=O. The standard InChI is InChI=1S/C6H7N3O4/c10-4-13-2-1-9-3-7-8-5(11)6(9)12/h3-4H,1-2H2,(H,8,11). The van der Waals surface area contributed by atoms with Crippen molar-refractivity contribution < 1.29 is 9.53 Å². The number of rotatable bonds is 4. The van der Waals surface area contributed by atoms with Gasteiger partial charge in [-0.3, -0.25) is 19.0 Å². The van der Waals surface area contributed by atoms with Gasteiger partial charge in [-0.15, -0.1) is 0 Å². The van der Waals surface area contributed by atoms with Crippen molar-refractivity contribution in [3.63, 3.8) is 0 Å². The van der Waals surface area contributed by atoms with Crippen molar-refractivity contribution in [3.05, 3.63) is 27.0 Å². The summed E-state index contributed by atoms with van der Waals surface area (Å²) in [5, 5.41) is 5.39. The van der Waals surface area contributed by atoms with E-state index < -0.39 is 11.1 Å². The van der Waals surface area contributed by atoms with Crippen molar-refractivity contribution in [2.45, 2.75) is 6.54 Å². The van der Waals surface area contributed by atoms with Crippen LogP contribution in [0.3, 0.4) is 0 Å². The molecule has 7 heteroatoms. The Kier molecular flexibility index (Phi) is 2.96. The Morgan fingerprint density at radius 2 is 2.38 bits per heavy atom. The molecule has 0 radical (unpaired) electrons. The van der Waals surface area contributed by atoms with Crippen LogP contribution in [-0.4, -0.2) is 27.8 Å². The average molecular weight is 185 g/mol. The minimum Gasteiger partial charge on any atom is -0.466 e. The Labute approximate surface area is 72.0 Å². The molecule has 0 aliphatic heterocycles. The Morgan fingerprint density at radius 1 is 1.62 bits per heavy atom. The van der Waals surface area contributed by atoms with Crippen molar-refractivity contribution in [1.82, 2.24) is 14.8 Å². The van der Waals surface area contributed by atoms with E-state index in [1.54, 1.807) is 0 Å². The molecule has 7 nitrogen and oxygen atoms in total. The van der Waals surface area contributed by atoms with Gasteiger partial charge in [-0.1, -0.05) is 0 Å². The Bertz CT molecular complexity index is 393. The first kappa shape index (κ1) is 9.17. The fourth-order valence-electron chi connectivity index (χ4n) is 0.746. The minimum absolute atomic E-state index is 0.0362. The van der Waals surface area contributed by atoms with Crippen LogP contribution in [0.2, 0.25) is 0 Å². The lowest BCUT2D eigenvalue weighted by molar-refractivity contribution is -0.128. The monoisotopic (exact) mass is 185 g/mol. The van der Waals surface area contributed by atoms with Gasteiger partial charge in [-0.2, -0.15) is 5.10 Å². The van der Waals surface area contributed by atoms with E-state index in [1.165, 1.54) is 0 Å². The van der Waals surface area contributed by atoms with E-state index in [1.807, 2.05) is 5.10 Å². The predicted octanol–water partition coefficient (Wildman–Crippen LogP) is -1.90. The van der Waals surface area contributed by atoms with Crippen molar-refractivity contribution >= 4 is 6.47 Å². The molecule has 0 aromatic carbocycles. The Hall–Kier alpha value is -1.92. The van der Waals surface area contributed by atoms with E-state index in [2.05, 4.69) is 9.84 Å². The van der Waals surface area contributed by atoms with Crippen LogP contribution in [0.5, 0.6) is 0 Å². The van der Waals surface area contributed by atoms with E-state index in [-0.39, 0.29) is 19.6 Å². The summed E-state index contributed by atoms with van der Waals surface area (Å²) < 4.78 is 5.41. The molecular formula is C6H7N3O4. The summed E-state index contributed by atoms with van der Waals surface area (Å²) in [5.74, 6) is 0. The van der Waals surface area contributed by atoms with Crippen LogP contribution in [0.15, 0.2) is 15.9 Å². The zero-order valence-electron chi connectivity index (χ0n) is 6.60. The second-order valence-corrected chi connectivity index (χ2v) is 2.15. The van der Waals surface area contributed by atoms with Crippen molar-refractivity contribution in [2.24, 2.45) is 0 Å². The lowest BCUT2D eigenvalue weighted by Gasteiger charge is -2.00. The molecule has 0 bridgehead atoms. The zero-order valence-corrected chi connectivity index (χ0v) is 6.60. The summed E-state index contributed by atoms with van der Waals surface area (Å²) in [6.45, 7) is 0.425. The molecule has 1 heterocycles. The minimum atomic E-state index is -0.798. The summed E-state index contributed by atoms with van der Waals surface area (Å²) in [6.07, 6.45) is 1.16. The van der Waals surface area contributed by atoms with Gasteiger partial charge in [-0.05, 0) is 0 Å². The third kappa shape index (κ3) is 2.26. The van der Waals surface area contributed by atoms with Gasteiger partial charge in [0.25, 0.3) is 6.47 Å². The van der Waals surface area contributed by atoms with Gasteiger partial charge in [0, 0.05) is 0 Å². The molecule has 1 N–H and O–H groups in total. The highest BCUT2D eigenvalue weighted by molar-refractivity contribution is 5.36. The number of aromatic nitrogens is 3. The molecule has 1 rings (SSSR count). The van der Waals surface area contributed by atoms with Crippen LogP contribution in [0, 0.1) is 0 Å². The van der Waals surface area contributed by atoms with Gasteiger partial charge < -0.3 is 4.74 Å². The molecule has 1 aromatic rings. The number of nitrogens with zero attached hydrogens (tertiary/aromatic N) is 2. The molecule has 1 aromatic heterocycles. The van der Waals surface area contributed by atoms with Gasteiger partial charge >= 0.3 is 11.1 Å². The molecule has 0 amide bonds. The Morgan fingerprint density at radius 3 is 3.08 bits per heavy atom. The van der Waals surface area contributed by atoms with Gasteiger partial charge in [0.2, 0.25) is 0 Å². The topological polar surface area (TPSA) is 94.1 Å². The molecule has 0 aliphatic rings. The molecule has 0 saturated heterocycles. The van der Waals surface area contributed by atoms with Crippen LogP contribution in [0.25, 0.3) is 0 Å². The average Bonchev–Trinajstić information content (AvgIpc) is 2.13. The number of hydrogen-bond acceptors (Lipinski definition) is 5. The largest absolute Gasteiger partial charge is 0.466 e. The fraction of sp³-hybridized carbons (Fsp3) is 0.333.